The second-order valence-corrected chi connectivity index (χ2v) is 7.71. The van der Waals surface area contributed by atoms with Gasteiger partial charge in [-0.25, -0.2) is 9.50 Å². The molecule has 5 nitrogen and oxygen atoms in total. The number of hydrogen-bond acceptors (Lipinski definition) is 3. The zero-order chi connectivity index (χ0) is 21.1. The lowest BCUT2D eigenvalue weighted by Crippen LogP contribution is -2.25. The Kier molecular flexibility index (Phi) is 5.61. The van der Waals surface area contributed by atoms with Gasteiger partial charge in [0.1, 0.15) is 5.56 Å². The Morgan fingerprint density at radius 2 is 1.70 bits per heavy atom. The van der Waals surface area contributed by atoms with Crippen molar-refractivity contribution >= 4 is 11.6 Å². The van der Waals surface area contributed by atoms with Gasteiger partial charge in [0.05, 0.1) is 6.20 Å². The number of carbonyl (C=O) groups excluding carboxylic acids is 1. The predicted octanol–water partition coefficient (Wildman–Crippen LogP) is 4.22. The first-order chi connectivity index (χ1) is 14.5. The highest BCUT2D eigenvalue weighted by molar-refractivity contribution is 5.99. The molecular formula is C25H26N4O. The number of nitrogens with zero attached hydrogens (tertiary/aromatic N) is 3. The third-order valence-corrected chi connectivity index (χ3v) is 5.50. The largest absolute Gasteiger partial charge is 0.352 e. The maximum Gasteiger partial charge on any atom is 0.256 e. The number of hydrogen-bond donors (Lipinski definition) is 1. The van der Waals surface area contributed by atoms with Gasteiger partial charge in [0.15, 0.2) is 5.65 Å². The zero-order valence-corrected chi connectivity index (χ0v) is 17.6. The van der Waals surface area contributed by atoms with Gasteiger partial charge in [-0.3, -0.25) is 4.79 Å². The molecule has 152 valence electrons. The number of benzene rings is 2. The van der Waals surface area contributed by atoms with Crippen LogP contribution in [-0.4, -0.2) is 27.0 Å². The summed E-state index contributed by atoms with van der Waals surface area (Å²) in [7, 11) is 0. The second-order valence-electron chi connectivity index (χ2n) is 7.71. The summed E-state index contributed by atoms with van der Waals surface area (Å²) in [5.74, 6) is -0.140. The van der Waals surface area contributed by atoms with Crippen LogP contribution in [-0.2, 0) is 12.8 Å². The standard InChI is InChI=1S/C25H26N4O/c1-17-9-11-21(12-10-17)15-22-18(2)28-24-23(16-27-29(24)19(22)3)25(30)26-14-13-20-7-5-4-6-8-20/h4-12,16H,13-15H2,1-3H3,(H,26,30). The smallest absolute Gasteiger partial charge is 0.256 e. The zero-order valence-electron chi connectivity index (χ0n) is 17.6. The average molecular weight is 399 g/mol. The van der Waals surface area contributed by atoms with E-state index in [1.54, 1.807) is 10.7 Å². The van der Waals surface area contributed by atoms with Crippen LogP contribution >= 0.6 is 0 Å². The van der Waals surface area contributed by atoms with E-state index in [0.29, 0.717) is 17.8 Å². The van der Waals surface area contributed by atoms with Crippen molar-refractivity contribution in [1.82, 2.24) is 19.9 Å². The molecule has 0 unspecified atom stereocenters. The van der Waals surface area contributed by atoms with Crippen LogP contribution in [0.15, 0.2) is 60.8 Å². The van der Waals surface area contributed by atoms with Gasteiger partial charge in [-0.05, 0) is 43.9 Å². The van der Waals surface area contributed by atoms with Crippen LogP contribution < -0.4 is 5.32 Å². The minimum Gasteiger partial charge on any atom is -0.352 e. The van der Waals surface area contributed by atoms with Gasteiger partial charge in [-0.2, -0.15) is 5.10 Å². The van der Waals surface area contributed by atoms with Crippen molar-refractivity contribution in [1.29, 1.82) is 0 Å². The highest BCUT2D eigenvalue weighted by Crippen LogP contribution is 2.20. The normalized spacial score (nSPS) is 11.0. The Hall–Kier alpha value is -3.47. The fraction of sp³-hybridized carbons (Fsp3) is 0.240. The first kappa shape index (κ1) is 19.8. The van der Waals surface area contributed by atoms with Gasteiger partial charge in [0, 0.05) is 24.4 Å². The van der Waals surface area contributed by atoms with Gasteiger partial charge in [-0.1, -0.05) is 60.2 Å². The van der Waals surface area contributed by atoms with Gasteiger partial charge >= 0.3 is 0 Å². The number of fused-ring (bicyclic) bond motifs is 1. The number of carbonyl (C=O) groups is 1. The van der Waals surface area contributed by atoms with Crippen LogP contribution in [0.4, 0.5) is 0 Å². The van der Waals surface area contributed by atoms with E-state index < -0.39 is 0 Å². The van der Waals surface area contributed by atoms with Crippen molar-refractivity contribution in [3.05, 3.63) is 100.0 Å². The summed E-state index contributed by atoms with van der Waals surface area (Å²) in [5.41, 5.74) is 7.88. The molecule has 2 aromatic carbocycles. The van der Waals surface area contributed by atoms with Crippen LogP contribution in [0.5, 0.6) is 0 Å². The third kappa shape index (κ3) is 4.10. The fourth-order valence-corrected chi connectivity index (χ4v) is 3.70. The van der Waals surface area contributed by atoms with Crippen molar-refractivity contribution in [2.24, 2.45) is 0 Å². The van der Waals surface area contributed by atoms with E-state index in [1.807, 2.05) is 32.0 Å². The van der Waals surface area contributed by atoms with Crippen LogP contribution in [0, 0.1) is 20.8 Å². The molecule has 0 aliphatic rings. The fourth-order valence-electron chi connectivity index (χ4n) is 3.70. The highest BCUT2D eigenvalue weighted by atomic mass is 16.1. The maximum atomic E-state index is 12.7. The summed E-state index contributed by atoms with van der Waals surface area (Å²) < 4.78 is 1.78. The van der Waals surface area contributed by atoms with E-state index in [9.17, 15) is 4.79 Å². The Morgan fingerprint density at radius 3 is 2.43 bits per heavy atom. The Balaban J connectivity index is 1.54. The number of aryl methyl sites for hydroxylation is 3. The molecule has 0 aliphatic carbocycles. The second kappa shape index (κ2) is 8.49. The molecule has 0 radical (unpaired) electrons. The molecule has 5 heteroatoms. The van der Waals surface area contributed by atoms with Gasteiger partial charge in [0.25, 0.3) is 5.91 Å². The molecule has 4 rings (SSSR count). The van der Waals surface area contributed by atoms with Crippen LogP contribution in [0.1, 0.15) is 44.0 Å². The van der Waals surface area contributed by atoms with Gasteiger partial charge in [-0.15, -0.1) is 0 Å². The molecule has 2 heterocycles. The topological polar surface area (TPSA) is 59.3 Å². The Labute approximate surface area is 176 Å². The molecule has 0 atom stereocenters. The summed E-state index contributed by atoms with van der Waals surface area (Å²) in [6, 6.07) is 18.7. The van der Waals surface area contributed by atoms with Crippen LogP contribution in [0.25, 0.3) is 5.65 Å². The summed E-state index contributed by atoms with van der Waals surface area (Å²) in [5, 5.41) is 7.45. The van der Waals surface area contributed by atoms with E-state index in [0.717, 1.165) is 29.8 Å². The van der Waals surface area contributed by atoms with E-state index in [-0.39, 0.29) is 5.91 Å². The first-order valence-corrected chi connectivity index (χ1v) is 10.2. The summed E-state index contributed by atoms with van der Waals surface area (Å²) in [6.07, 6.45) is 3.19. The molecule has 0 saturated carbocycles. The van der Waals surface area contributed by atoms with Crippen molar-refractivity contribution in [2.75, 3.05) is 6.54 Å². The lowest BCUT2D eigenvalue weighted by atomic mass is 10.0. The molecule has 1 amide bonds. The summed E-state index contributed by atoms with van der Waals surface area (Å²) in [4.78, 5) is 17.5. The first-order valence-electron chi connectivity index (χ1n) is 10.2. The molecule has 2 aromatic heterocycles. The molecule has 0 fully saturated rings. The minimum absolute atomic E-state index is 0.140. The Morgan fingerprint density at radius 1 is 0.967 bits per heavy atom. The van der Waals surface area contributed by atoms with E-state index >= 15 is 0 Å². The molecule has 0 spiro atoms. The molecule has 0 bridgehead atoms. The van der Waals surface area contributed by atoms with E-state index in [4.69, 9.17) is 4.98 Å². The van der Waals surface area contributed by atoms with Gasteiger partial charge in [0.2, 0.25) is 0 Å². The van der Waals surface area contributed by atoms with E-state index in [2.05, 4.69) is 53.7 Å². The monoisotopic (exact) mass is 398 g/mol. The SMILES string of the molecule is Cc1ccc(Cc2c(C)nc3c(C(=O)NCCc4ccccc4)cnn3c2C)cc1. The maximum absolute atomic E-state index is 12.7. The van der Waals surface area contributed by atoms with Crippen molar-refractivity contribution < 1.29 is 4.79 Å². The van der Waals surface area contributed by atoms with Crippen molar-refractivity contribution in [3.8, 4) is 0 Å². The van der Waals surface area contributed by atoms with Crippen LogP contribution in [0.2, 0.25) is 0 Å². The quantitative estimate of drug-likeness (QED) is 0.529. The Bertz CT molecular complexity index is 1180. The lowest BCUT2D eigenvalue weighted by Gasteiger charge is -2.12. The summed E-state index contributed by atoms with van der Waals surface area (Å²) in [6.45, 7) is 6.70. The number of nitrogens with one attached hydrogen (secondary N) is 1. The molecular weight excluding hydrogens is 372 g/mol. The third-order valence-electron chi connectivity index (χ3n) is 5.50. The lowest BCUT2D eigenvalue weighted by molar-refractivity contribution is 0.0955. The van der Waals surface area contributed by atoms with E-state index in [1.165, 1.54) is 16.7 Å². The van der Waals surface area contributed by atoms with Crippen LogP contribution in [0.3, 0.4) is 0 Å². The highest BCUT2D eigenvalue weighted by Gasteiger charge is 2.18. The molecule has 30 heavy (non-hydrogen) atoms. The van der Waals surface area contributed by atoms with Crippen molar-refractivity contribution in [3.63, 3.8) is 0 Å². The number of amides is 1. The molecule has 0 aliphatic heterocycles. The number of rotatable bonds is 6. The minimum atomic E-state index is -0.140. The number of aromatic nitrogens is 3. The molecule has 4 aromatic rings. The van der Waals surface area contributed by atoms with Gasteiger partial charge < -0.3 is 5.32 Å². The predicted molar refractivity (Wildman–Crippen MR) is 119 cm³/mol. The molecule has 1 N–H and O–H groups in total. The van der Waals surface area contributed by atoms with Crippen molar-refractivity contribution in [2.45, 2.75) is 33.6 Å². The average Bonchev–Trinajstić information content (AvgIpc) is 3.17. The summed E-state index contributed by atoms with van der Waals surface area (Å²) >= 11 is 0. The molecule has 0 saturated heterocycles.